The molecule has 0 fully saturated rings. The highest BCUT2D eigenvalue weighted by Gasteiger charge is 2.25. The van der Waals surface area contributed by atoms with Crippen molar-refractivity contribution in [1.29, 1.82) is 0 Å². The fourth-order valence-electron chi connectivity index (χ4n) is 3.35. The summed E-state index contributed by atoms with van der Waals surface area (Å²) in [7, 11) is 0. The maximum atomic E-state index is 13.2. The zero-order valence-corrected chi connectivity index (χ0v) is 19.2. The Morgan fingerprint density at radius 1 is 1.00 bits per heavy atom. The fraction of sp³-hybridized carbons (Fsp3) is 0.440. The Bertz CT molecular complexity index is 860. The lowest BCUT2D eigenvalue weighted by molar-refractivity contribution is 0.0915. The SMILES string of the molecule is CC(C)N(C=Nc1cccc(C(O)c2ccccc2)c1C(=O)NC(C)(C)C)C(C)C. The second-order valence-electron chi connectivity index (χ2n) is 9.14. The van der Waals surface area contributed by atoms with Gasteiger partial charge in [0.05, 0.1) is 17.6 Å². The van der Waals surface area contributed by atoms with Crippen LogP contribution in [0.5, 0.6) is 0 Å². The predicted octanol–water partition coefficient (Wildman–Crippen LogP) is 5.08. The van der Waals surface area contributed by atoms with E-state index in [0.29, 0.717) is 16.8 Å². The van der Waals surface area contributed by atoms with Crippen molar-refractivity contribution < 1.29 is 9.90 Å². The van der Waals surface area contributed by atoms with Crippen LogP contribution in [0.4, 0.5) is 5.69 Å². The second-order valence-corrected chi connectivity index (χ2v) is 9.14. The van der Waals surface area contributed by atoms with E-state index >= 15 is 0 Å². The first-order valence-electron chi connectivity index (χ1n) is 10.5. The number of aliphatic hydroxyl groups is 1. The largest absolute Gasteiger partial charge is 0.384 e. The van der Waals surface area contributed by atoms with Gasteiger partial charge in [-0.15, -0.1) is 0 Å². The summed E-state index contributed by atoms with van der Waals surface area (Å²) in [6.45, 7) is 14.2. The lowest BCUT2D eigenvalue weighted by atomic mass is 9.94. The number of benzene rings is 2. The van der Waals surface area contributed by atoms with E-state index in [4.69, 9.17) is 0 Å². The molecule has 0 aromatic heterocycles. The van der Waals surface area contributed by atoms with E-state index in [1.165, 1.54) is 0 Å². The summed E-state index contributed by atoms with van der Waals surface area (Å²) in [4.78, 5) is 20.0. The molecule has 30 heavy (non-hydrogen) atoms. The molecule has 0 aliphatic rings. The molecule has 2 N–H and O–H groups in total. The zero-order chi connectivity index (χ0) is 22.5. The second kappa shape index (κ2) is 9.90. The number of amides is 1. The number of carbonyl (C=O) groups excluding carboxylic acids is 1. The average molecular weight is 410 g/mol. The molecule has 1 atom stereocenters. The molecule has 2 rings (SSSR count). The third-order valence-corrected chi connectivity index (χ3v) is 4.72. The Balaban J connectivity index is 2.57. The van der Waals surface area contributed by atoms with Gasteiger partial charge in [-0.25, -0.2) is 4.99 Å². The molecule has 0 saturated carbocycles. The topological polar surface area (TPSA) is 64.9 Å². The van der Waals surface area contributed by atoms with Crippen LogP contribution < -0.4 is 5.32 Å². The van der Waals surface area contributed by atoms with Crippen LogP contribution in [0.25, 0.3) is 0 Å². The Morgan fingerprint density at radius 3 is 2.13 bits per heavy atom. The summed E-state index contributed by atoms with van der Waals surface area (Å²) in [6, 6.07) is 15.3. The molecule has 0 radical (unpaired) electrons. The summed E-state index contributed by atoms with van der Waals surface area (Å²) in [6.07, 6.45) is 0.866. The van der Waals surface area contributed by atoms with Crippen LogP contribution in [0, 0.1) is 0 Å². The molecule has 2 aromatic rings. The van der Waals surface area contributed by atoms with Gasteiger partial charge in [0.1, 0.15) is 6.10 Å². The van der Waals surface area contributed by atoms with Gasteiger partial charge in [-0.2, -0.15) is 0 Å². The van der Waals surface area contributed by atoms with Crippen molar-refractivity contribution >= 4 is 17.9 Å². The van der Waals surface area contributed by atoms with E-state index in [-0.39, 0.29) is 18.0 Å². The Hall–Kier alpha value is -2.66. The zero-order valence-electron chi connectivity index (χ0n) is 19.2. The smallest absolute Gasteiger partial charge is 0.254 e. The molecule has 1 unspecified atom stereocenters. The van der Waals surface area contributed by atoms with Crippen LogP contribution in [-0.4, -0.2) is 39.9 Å². The predicted molar refractivity (Wildman–Crippen MR) is 124 cm³/mol. The van der Waals surface area contributed by atoms with Gasteiger partial charge in [0.2, 0.25) is 0 Å². The van der Waals surface area contributed by atoms with Gasteiger partial charge in [0.15, 0.2) is 0 Å². The number of rotatable bonds is 7. The lowest BCUT2D eigenvalue weighted by Crippen LogP contribution is -2.41. The third-order valence-electron chi connectivity index (χ3n) is 4.72. The van der Waals surface area contributed by atoms with Gasteiger partial charge < -0.3 is 15.3 Å². The Kier molecular flexibility index (Phi) is 7.79. The van der Waals surface area contributed by atoms with Crippen LogP contribution in [0.2, 0.25) is 0 Å². The Labute approximate surface area is 180 Å². The number of aliphatic imine (C=N–C) groups is 1. The average Bonchev–Trinajstić information content (AvgIpc) is 2.66. The molecule has 0 aliphatic carbocycles. The highest BCUT2D eigenvalue weighted by atomic mass is 16.3. The van der Waals surface area contributed by atoms with Crippen molar-refractivity contribution in [2.45, 2.75) is 72.2 Å². The van der Waals surface area contributed by atoms with E-state index in [0.717, 1.165) is 5.56 Å². The van der Waals surface area contributed by atoms with Crippen LogP contribution >= 0.6 is 0 Å². The maximum Gasteiger partial charge on any atom is 0.254 e. The molecule has 162 valence electrons. The molecule has 0 aliphatic heterocycles. The first-order valence-corrected chi connectivity index (χ1v) is 10.5. The first kappa shape index (κ1) is 23.6. The van der Waals surface area contributed by atoms with Gasteiger partial charge in [-0.3, -0.25) is 4.79 Å². The standard InChI is InChI=1S/C25H35N3O2/c1-17(2)28(18(3)4)16-26-21-15-11-14-20(22(21)24(30)27-25(5,6)7)23(29)19-12-9-8-10-13-19/h8-18,23,29H,1-7H3,(H,27,30). The van der Waals surface area contributed by atoms with Gasteiger partial charge in [-0.05, 0) is 65.7 Å². The Morgan fingerprint density at radius 2 is 1.60 bits per heavy atom. The highest BCUT2D eigenvalue weighted by Crippen LogP contribution is 2.31. The minimum atomic E-state index is -0.923. The van der Waals surface area contributed by atoms with Gasteiger partial charge in [0.25, 0.3) is 5.91 Å². The van der Waals surface area contributed by atoms with Crippen molar-refractivity contribution in [3.05, 3.63) is 65.2 Å². The monoisotopic (exact) mass is 409 g/mol. The lowest BCUT2D eigenvalue weighted by Gasteiger charge is -2.28. The van der Waals surface area contributed by atoms with E-state index in [2.05, 4.69) is 42.9 Å². The van der Waals surface area contributed by atoms with Gasteiger partial charge >= 0.3 is 0 Å². The normalized spacial score (nSPS) is 13.1. The van der Waals surface area contributed by atoms with Crippen molar-refractivity contribution in [1.82, 2.24) is 10.2 Å². The van der Waals surface area contributed by atoms with E-state index in [1.807, 2.05) is 63.2 Å². The van der Waals surface area contributed by atoms with E-state index in [9.17, 15) is 9.90 Å². The minimum absolute atomic E-state index is 0.249. The highest BCUT2D eigenvalue weighted by molar-refractivity contribution is 6.01. The fourth-order valence-corrected chi connectivity index (χ4v) is 3.35. The van der Waals surface area contributed by atoms with Crippen LogP contribution in [0.1, 0.15) is 76.1 Å². The number of hydrogen-bond donors (Lipinski definition) is 2. The summed E-state index contributed by atoms with van der Waals surface area (Å²) in [5, 5.41) is 14.1. The van der Waals surface area contributed by atoms with Gasteiger partial charge in [-0.1, -0.05) is 42.5 Å². The molecule has 0 heterocycles. The van der Waals surface area contributed by atoms with Crippen molar-refractivity contribution in [2.24, 2.45) is 4.99 Å². The molecule has 2 aromatic carbocycles. The molecule has 0 spiro atoms. The van der Waals surface area contributed by atoms with Gasteiger partial charge in [0, 0.05) is 17.6 Å². The first-order chi connectivity index (χ1) is 14.0. The van der Waals surface area contributed by atoms with Crippen molar-refractivity contribution in [3.8, 4) is 0 Å². The number of hydrogen-bond acceptors (Lipinski definition) is 3. The number of carbonyl (C=O) groups is 1. The number of nitrogens with zero attached hydrogens (tertiary/aromatic N) is 2. The quantitative estimate of drug-likeness (QED) is 0.495. The van der Waals surface area contributed by atoms with Crippen LogP contribution in [0.15, 0.2) is 53.5 Å². The number of aliphatic hydroxyl groups excluding tert-OH is 1. The van der Waals surface area contributed by atoms with Crippen LogP contribution in [-0.2, 0) is 0 Å². The summed E-state index contributed by atoms with van der Waals surface area (Å²) >= 11 is 0. The van der Waals surface area contributed by atoms with E-state index in [1.54, 1.807) is 12.4 Å². The van der Waals surface area contributed by atoms with Crippen molar-refractivity contribution in [3.63, 3.8) is 0 Å². The molecular formula is C25H35N3O2. The molecule has 5 nitrogen and oxygen atoms in total. The summed E-state index contributed by atoms with van der Waals surface area (Å²) < 4.78 is 0. The van der Waals surface area contributed by atoms with E-state index < -0.39 is 11.6 Å². The maximum absolute atomic E-state index is 13.2. The summed E-state index contributed by atoms with van der Waals surface area (Å²) in [5.41, 5.74) is 1.79. The van der Waals surface area contributed by atoms with Crippen LogP contribution in [0.3, 0.4) is 0 Å². The third kappa shape index (κ3) is 6.17. The molecular weight excluding hydrogens is 374 g/mol. The molecule has 1 amide bonds. The number of nitrogens with one attached hydrogen (secondary N) is 1. The van der Waals surface area contributed by atoms with Crippen molar-refractivity contribution in [2.75, 3.05) is 0 Å². The molecule has 0 saturated heterocycles. The minimum Gasteiger partial charge on any atom is -0.384 e. The molecule has 0 bridgehead atoms. The summed E-state index contributed by atoms with van der Waals surface area (Å²) in [5.74, 6) is -0.249. The molecule has 5 heteroatoms.